The summed E-state index contributed by atoms with van der Waals surface area (Å²) in [4.78, 5) is 32.6. The number of hydrogen-bond acceptors (Lipinski definition) is 5. The van der Waals surface area contributed by atoms with Gasteiger partial charge in [0, 0.05) is 11.8 Å². The molecule has 0 spiro atoms. The third kappa shape index (κ3) is 4.86. The van der Waals surface area contributed by atoms with Crippen LogP contribution in [0.3, 0.4) is 0 Å². The zero-order valence-electron chi connectivity index (χ0n) is 20.6. The van der Waals surface area contributed by atoms with Crippen molar-refractivity contribution in [3.8, 4) is 11.5 Å². The number of hydrogen-bond donors (Lipinski definition) is 1. The van der Waals surface area contributed by atoms with Gasteiger partial charge in [0.2, 0.25) is 0 Å². The summed E-state index contributed by atoms with van der Waals surface area (Å²) < 4.78 is 6.02. The molecule has 0 radical (unpaired) electrons. The highest BCUT2D eigenvalue weighted by atomic mass is 16.5. The van der Waals surface area contributed by atoms with Crippen LogP contribution in [0.2, 0.25) is 0 Å². The third-order valence-corrected chi connectivity index (χ3v) is 6.40. The molecule has 5 rings (SSSR count). The number of ether oxygens (including phenoxy) is 1. The van der Waals surface area contributed by atoms with Crippen molar-refractivity contribution < 1.29 is 19.4 Å². The molecule has 1 N–H and O–H groups in total. The van der Waals surface area contributed by atoms with E-state index in [4.69, 9.17) is 4.74 Å². The molecule has 1 amide bonds. The van der Waals surface area contributed by atoms with Crippen LogP contribution in [0.15, 0.2) is 103 Å². The first kappa shape index (κ1) is 24.0. The second-order valence-electron chi connectivity index (χ2n) is 9.05. The number of pyridine rings is 1. The standard InChI is InChI=1S/C31H26N2O4/c1-20-14-15-21(2)26(17-20)29(34)27-28(33(31(36)30(27)35)19-23-10-6-7-16-32-23)22-9-8-13-25(18-22)37-24-11-4-3-5-12-24/h3-18,28,34H,19H2,1-2H3/b29-27+. The Labute approximate surface area is 215 Å². The number of aromatic nitrogens is 1. The van der Waals surface area contributed by atoms with Crippen molar-refractivity contribution in [1.82, 2.24) is 9.88 Å². The van der Waals surface area contributed by atoms with Crippen LogP contribution in [0, 0.1) is 13.8 Å². The molecular formula is C31H26N2O4. The first-order chi connectivity index (χ1) is 17.9. The normalized spacial score (nSPS) is 16.7. The Bertz CT molecular complexity index is 1500. The minimum absolute atomic E-state index is 0.0477. The van der Waals surface area contributed by atoms with E-state index in [1.807, 2.05) is 86.6 Å². The van der Waals surface area contributed by atoms with Crippen LogP contribution in [0.4, 0.5) is 0 Å². The van der Waals surface area contributed by atoms with Gasteiger partial charge >= 0.3 is 0 Å². The highest BCUT2D eigenvalue weighted by Gasteiger charge is 2.46. The van der Waals surface area contributed by atoms with Gasteiger partial charge in [-0.1, -0.05) is 54.1 Å². The van der Waals surface area contributed by atoms with Crippen molar-refractivity contribution in [2.75, 3.05) is 0 Å². The molecule has 1 aromatic heterocycles. The number of para-hydroxylation sites is 1. The number of aliphatic hydroxyl groups excluding tert-OH is 1. The summed E-state index contributed by atoms with van der Waals surface area (Å²) in [7, 11) is 0. The number of benzene rings is 3. The molecule has 184 valence electrons. The smallest absolute Gasteiger partial charge is 0.296 e. The lowest BCUT2D eigenvalue weighted by Crippen LogP contribution is -2.29. The quantitative estimate of drug-likeness (QED) is 0.200. The summed E-state index contributed by atoms with van der Waals surface area (Å²) in [5.41, 5.74) is 3.60. The van der Waals surface area contributed by atoms with Gasteiger partial charge in [0.15, 0.2) is 0 Å². The minimum Gasteiger partial charge on any atom is -0.507 e. The summed E-state index contributed by atoms with van der Waals surface area (Å²) in [5, 5.41) is 11.5. The van der Waals surface area contributed by atoms with Crippen LogP contribution in [0.5, 0.6) is 11.5 Å². The molecule has 0 bridgehead atoms. The Hall–Kier alpha value is -4.71. The number of likely N-dealkylation sites (tertiary alicyclic amines) is 1. The maximum atomic E-state index is 13.4. The van der Waals surface area contributed by atoms with Crippen LogP contribution in [-0.4, -0.2) is 26.7 Å². The van der Waals surface area contributed by atoms with Crippen LogP contribution in [0.25, 0.3) is 5.76 Å². The second kappa shape index (κ2) is 10.1. The lowest BCUT2D eigenvalue weighted by molar-refractivity contribution is -0.140. The maximum Gasteiger partial charge on any atom is 0.296 e. The zero-order valence-corrected chi connectivity index (χ0v) is 20.6. The summed E-state index contributed by atoms with van der Waals surface area (Å²) in [6.45, 7) is 3.89. The van der Waals surface area contributed by atoms with Crippen molar-refractivity contribution in [2.24, 2.45) is 0 Å². The molecule has 1 aliphatic heterocycles. The average molecular weight is 491 g/mol. The monoisotopic (exact) mass is 490 g/mol. The Morgan fingerprint density at radius 2 is 1.65 bits per heavy atom. The van der Waals surface area contributed by atoms with E-state index >= 15 is 0 Å². The molecule has 4 aromatic rings. The topological polar surface area (TPSA) is 79.7 Å². The van der Waals surface area contributed by atoms with Gasteiger partial charge in [-0.3, -0.25) is 14.6 Å². The van der Waals surface area contributed by atoms with Crippen LogP contribution >= 0.6 is 0 Å². The number of nitrogens with zero attached hydrogens (tertiary/aromatic N) is 2. The number of rotatable bonds is 6. The first-order valence-electron chi connectivity index (χ1n) is 12.0. The maximum absolute atomic E-state index is 13.4. The van der Waals surface area contributed by atoms with E-state index in [2.05, 4.69) is 4.98 Å². The molecule has 37 heavy (non-hydrogen) atoms. The Kier molecular flexibility index (Phi) is 6.56. The minimum atomic E-state index is -0.818. The highest BCUT2D eigenvalue weighted by Crippen LogP contribution is 2.41. The predicted octanol–water partition coefficient (Wildman–Crippen LogP) is 6.11. The summed E-state index contributed by atoms with van der Waals surface area (Å²) in [6.07, 6.45) is 1.64. The van der Waals surface area contributed by atoms with E-state index in [9.17, 15) is 14.7 Å². The zero-order chi connectivity index (χ0) is 25.9. The molecule has 3 aromatic carbocycles. The number of amides is 1. The fraction of sp³-hybridized carbons (Fsp3) is 0.129. The fourth-order valence-electron chi connectivity index (χ4n) is 4.56. The van der Waals surface area contributed by atoms with E-state index in [0.717, 1.165) is 11.1 Å². The molecule has 1 unspecified atom stereocenters. The summed E-state index contributed by atoms with van der Waals surface area (Å²) >= 11 is 0. The largest absolute Gasteiger partial charge is 0.507 e. The van der Waals surface area contributed by atoms with Gasteiger partial charge < -0.3 is 14.7 Å². The average Bonchev–Trinajstić information content (AvgIpc) is 3.16. The number of carbonyl (C=O) groups is 2. The molecule has 2 heterocycles. The number of Topliss-reactive ketones (excluding diaryl/α,β-unsaturated/α-hetero) is 1. The van der Waals surface area contributed by atoms with E-state index in [1.165, 1.54) is 4.90 Å². The van der Waals surface area contributed by atoms with Crippen molar-refractivity contribution in [3.05, 3.63) is 131 Å². The lowest BCUT2D eigenvalue weighted by atomic mass is 9.93. The van der Waals surface area contributed by atoms with Crippen molar-refractivity contribution in [1.29, 1.82) is 0 Å². The van der Waals surface area contributed by atoms with Crippen LogP contribution in [-0.2, 0) is 16.1 Å². The van der Waals surface area contributed by atoms with Gasteiger partial charge in [-0.05, 0) is 67.4 Å². The van der Waals surface area contributed by atoms with Gasteiger partial charge in [0.1, 0.15) is 17.3 Å². The molecule has 1 aliphatic rings. The first-order valence-corrected chi connectivity index (χ1v) is 12.0. The van der Waals surface area contributed by atoms with Gasteiger partial charge in [-0.2, -0.15) is 0 Å². The Balaban J connectivity index is 1.64. The van der Waals surface area contributed by atoms with Gasteiger partial charge in [0.05, 0.1) is 23.9 Å². The molecular weight excluding hydrogens is 464 g/mol. The van der Waals surface area contributed by atoms with Gasteiger partial charge in [-0.25, -0.2) is 0 Å². The van der Waals surface area contributed by atoms with Gasteiger partial charge in [0.25, 0.3) is 11.7 Å². The SMILES string of the molecule is Cc1ccc(C)c(/C(O)=C2\C(=O)C(=O)N(Cc3ccccn3)C2c2cccc(Oc3ccccc3)c2)c1. The molecule has 6 nitrogen and oxygen atoms in total. The molecule has 1 saturated heterocycles. The van der Waals surface area contributed by atoms with E-state index in [-0.39, 0.29) is 17.9 Å². The number of ketones is 1. The van der Waals surface area contributed by atoms with Crippen LogP contribution < -0.4 is 4.74 Å². The van der Waals surface area contributed by atoms with Crippen LogP contribution in [0.1, 0.15) is 34.0 Å². The molecule has 1 fully saturated rings. The number of aliphatic hydroxyl groups is 1. The fourth-order valence-corrected chi connectivity index (χ4v) is 4.56. The molecule has 0 saturated carbocycles. The summed E-state index contributed by atoms with van der Waals surface area (Å²) in [6, 6.07) is 26.9. The van der Waals surface area contributed by atoms with Crippen molar-refractivity contribution in [2.45, 2.75) is 26.4 Å². The van der Waals surface area contributed by atoms with Crippen molar-refractivity contribution in [3.63, 3.8) is 0 Å². The third-order valence-electron chi connectivity index (χ3n) is 6.40. The Morgan fingerprint density at radius 3 is 2.41 bits per heavy atom. The summed E-state index contributed by atoms with van der Waals surface area (Å²) in [5.74, 6) is -0.385. The molecule has 0 aliphatic carbocycles. The number of carbonyl (C=O) groups excluding carboxylic acids is 2. The van der Waals surface area contributed by atoms with E-state index in [1.54, 1.807) is 24.4 Å². The Morgan fingerprint density at radius 1 is 0.892 bits per heavy atom. The van der Waals surface area contributed by atoms with E-state index < -0.39 is 17.7 Å². The van der Waals surface area contributed by atoms with E-state index in [0.29, 0.717) is 28.3 Å². The van der Waals surface area contributed by atoms with Gasteiger partial charge in [-0.15, -0.1) is 0 Å². The molecule has 1 atom stereocenters. The second-order valence-corrected chi connectivity index (χ2v) is 9.05. The number of aryl methyl sites for hydroxylation is 2. The lowest BCUT2D eigenvalue weighted by Gasteiger charge is -2.25. The molecule has 6 heteroatoms. The highest BCUT2D eigenvalue weighted by molar-refractivity contribution is 6.46. The predicted molar refractivity (Wildman–Crippen MR) is 141 cm³/mol. The van der Waals surface area contributed by atoms with Crippen molar-refractivity contribution >= 4 is 17.4 Å².